The van der Waals surface area contributed by atoms with Crippen molar-refractivity contribution >= 4 is 34.1 Å². The summed E-state index contributed by atoms with van der Waals surface area (Å²) in [5.74, 6) is 1.36. The zero-order valence-corrected chi connectivity index (χ0v) is 19.6. The van der Waals surface area contributed by atoms with Crippen LogP contribution in [0.4, 0.5) is 5.69 Å². The first-order valence-corrected chi connectivity index (χ1v) is 11.9. The van der Waals surface area contributed by atoms with Crippen LogP contribution in [0.15, 0.2) is 48.5 Å². The molecule has 0 aliphatic carbocycles. The van der Waals surface area contributed by atoms with Crippen molar-refractivity contribution in [2.75, 3.05) is 44.6 Å². The average molecular weight is 451 g/mol. The highest BCUT2D eigenvalue weighted by atomic mass is 35.5. The van der Waals surface area contributed by atoms with Gasteiger partial charge in [-0.25, -0.2) is 0 Å². The lowest BCUT2D eigenvalue weighted by Gasteiger charge is -2.22. The van der Waals surface area contributed by atoms with Gasteiger partial charge in [0.1, 0.15) is 5.69 Å². The molecule has 0 spiro atoms. The molecule has 32 heavy (non-hydrogen) atoms. The maximum Gasteiger partial charge on any atom is 0.270 e. The number of hydrogen-bond donors (Lipinski definition) is 1. The van der Waals surface area contributed by atoms with Crippen LogP contribution in [0.1, 0.15) is 22.5 Å². The Kier molecular flexibility index (Phi) is 5.87. The SMILES string of the molecule is Cc1ccc(NCCCN2CC3CN(C(=O)c4cc5ccccc5n4C)CC3C2)cc1Cl. The summed E-state index contributed by atoms with van der Waals surface area (Å²) in [4.78, 5) is 17.9. The zero-order chi connectivity index (χ0) is 22.2. The van der Waals surface area contributed by atoms with E-state index < -0.39 is 0 Å². The Labute approximate surface area is 194 Å². The van der Waals surface area contributed by atoms with E-state index in [4.69, 9.17) is 11.6 Å². The minimum absolute atomic E-state index is 0.172. The molecule has 0 saturated carbocycles. The lowest BCUT2D eigenvalue weighted by Crippen LogP contribution is -2.34. The van der Waals surface area contributed by atoms with E-state index in [-0.39, 0.29) is 5.91 Å². The quantitative estimate of drug-likeness (QED) is 0.556. The van der Waals surface area contributed by atoms with Gasteiger partial charge < -0.3 is 19.7 Å². The smallest absolute Gasteiger partial charge is 0.270 e. The largest absolute Gasteiger partial charge is 0.385 e. The van der Waals surface area contributed by atoms with Crippen LogP contribution in [0.2, 0.25) is 5.02 Å². The molecule has 1 amide bonds. The standard InChI is InChI=1S/C26H31ClN4O/c1-18-8-9-22(13-23(18)27)28-10-5-11-30-14-20-16-31(17-21(20)15-30)26(32)25-12-19-6-3-4-7-24(19)29(25)2/h3-4,6-9,12-13,20-21,28H,5,10-11,14-17H2,1-2H3. The summed E-state index contributed by atoms with van der Waals surface area (Å²) in [7, 11) is 1.99. The first-order valence-electron chi connectivity index (χ1n) is 11.6. The van der Waals surface area contributed by atoms with Gasteiger partial charge in [-0.15, -0.1) is 0 Å². The fourth-order valence-electron chi connectivity index (χ4n) is 5.33. The highest BCUT2D eigenvalue weighted by molar-refractivity contribution is 6.31. The molecule has 0 bridgehead atoms. The Hall–Kier alpha value is -2.50. The second-order valence-corrected chi connectivity index (χ2v) is 9.79. The third-order valence-corrected chi connectivity index (χ3v) is 7.58. The number of anilines is 1. The summed E-state index contributed by atoms with van der Waals surface area (Å²) in [6, 6.07) is 16.4. The molecule has 1 N–H and O–H groups in total. The van der Waals surface area contributed by atoms with Gasteiger partial charge in [0.15, 0.2) is 0 Å². The van der Waals surface area contributed by atoms with Crippen molar-refractivity contribution in [1.29, 1.82) is 0 Å². The highest BCUT2D eigenvalue weighted by Gasteiger charge is 2.41. The van der Waals surface area contributed by atoms with Gasteiger partial charge >= 0.3 is 0 Å². The zero-order valence-electron chi connectivity index (χ0n) is 18.9. The minimum atomic E-state index is 0.172. The number of halogens is 1. The van der Waals surface area contributed by atoms with Crippen molar-refractivity contribution < 1.29 is 4.79 Å². The van der Waals surface area contributed by atoms with Crippen molar-refractivity contribution in [1.82, 2.24) is 14.4 Å². The number of nitrogens with one attached hydrogen (secondary N) is 1. The van der Waals surface area contributed by atoms with E-state index in [1.54, 1.807) is 0 Å². The molecule has 5 rings (SSSR count). The molecule has 2 saturated heterocycles. The van der Waals surface area contributed by atoms with E-state index in [2.05, 4.69) is 39.4 Å². The van der Waals surface area contributed by atoms with E-state index in [1.807, 2.05) is 42.8 Å². The number of nitrogens with zero attached hydrogens (tertiary/aromatic N) is 3. The molecule has 168 valence electrons. The number of para-hydroxylation sites is 1. The summed E-state index contributed by atoms with van der Waals surface area (Å²) in [6.45, 7) is 8.00. The van der Waals surface area contributed by atoms with E-state index in [0.717, 1.165) is 78.6 Å². The number of aromatic nitrogens is 1. The second-order valence-electron chi connectivity index (χ2n) is 9.38. The van der Waals surface area contributed by atoms with Crippen molar-refractivity contribution in [3.63, 3.8) is 0 Å². The molecule has 5 nitrogen and oxygen atoms in total. The third kappa shape index (κ3) is 4.12. The van der Waals surface area contributed by atoms with Gasteiger partial charge in [-0.3, -0.25) is 4.79 Å². The lowest BCUT2D eigenvalue weighted by atomic mass is 10.0. The number of aryl methyl sites for hydroxylation is 2. The van der Waals surface area contributed by atoms with Crippen LogP contribution in [0, 0.1) is 18.8 Å². The predicted octanol–water partition coefficient (Wildman–Crippen LogP) is 4.65. The monoisotopic (exact) mass is 450 g/mol. The van der Waals surface area contributed by atoms with Crippen LogP contribution in [-0.4, -0.2) is 59.5 Å². The van der Waals surface area contributed by atoms with Gasteiger partial charge in [-0.2, -0.15) is 0 Å². The molecule has 0 radical (unpaired) electrons. The number of fused-ring (bicyclic) bond motifs is 2. The van der Waals surface area contributed by atoms with E-state index in [9.17, 15) is 4.79 Å². The Balaban J connectivity index is 1.10. The average Bonchev–Trinajstić information content (AvgIpc) is 3.45. The van der Waals surface area contributed by atoms with Gasteiger partial charge in [0.2, 0.25) is 0 Å². The Morgan fingerprint density at radius 1 is 1.06 bits per heavy atom. The summed E-state index contributed by atoms with van der Waals surface area (Å²) in [5, 5.41) is 5.42. The molecule has 2 unspecified atom stereocenters. The Morgan fingerprint density at radius 3 is 2.53 bits per heavy atom. The molecular weight excluding hydrogens is 420 g/mol. The number of rotatable bonds is 6. The van der Waals surface area contributed by atoms with Crippen molar-refractivity contribution in [2.24, 2.45) is 18.9 Å². The fraction of sp³-hybridized carbons (Fsp3) is 0.423. The van der Waals surface area contributed by atoms with Crippen molar-refractivity contribution in [2.45, 2.75) is 13.3 Å². The van der Waals surface area contributed by atoms with Crippen LogP contribution in [-0.2, 0) is 7.05 Å². The summed E-state index contributed by atoms with van der Waals surface area (Å²) >= 11 is 6.21. The Morgan fingerprint density at radius 2 is 1.81 bits per heavy atom. The number of likely N-dealkylation sites (tertiary alicyclic amines) is 2. The molecule has 2 aliphatic rings. The number of benzene rings is 2. The molecule has 2 atom stereocenters. The van der Waals surface area contributed by atoms with Crippen molar-refractivity contribution in [3.05, 3.63) is 64.8 Å². The van der Waals surface area contributed by atoms with Gasteiger partial charge in [-0.05, 0) is 61.6 Å². The third-order valence-electron chi connectivity index (χ3n) is 7.17. The molecular formula is C26H31ClN4O. The minimum Gasteiger partial charge on any atom is -0.385 e. The maximum atomic E-state index is 13.2. The van der Waals surface area contributed by atoms with Crippen LogP contribution < -0.4 is 5.32 Å². The number of amides is 1. The van der Waals surface area contributed by atoms with Crippen LogP contribution in [0.5, 0.6) is 0 Å². The van der Waals surface area contributed by atoms with E-state index >= 15 is 0 Å². The normalized spacial score (nSPS) is 20.8. The highest BCUT2D eigenvalue weighted by Crippen LogP contribution is 2.32. The molecule has 6 heteroatoms. The predicted molar refractivity (Wildman–Crippen MR) is 132 cm³/mol. The van der Waals surface area contributed by atoms with Gasteiger partial charge in [0.05, 0.1) is 0 Å². The summed E-state index contributed by atoms with van der Waals surface area (Å²) < 4.78 is 2.03. The van der Waals surface area contributed by atoms with Crippen LogP contribution >= 0.6 is 11.6 Å². The molecule has 3 aromatic rings. The molecule has 2 fully saturated rings. The fourth-order valence-corrected chi connectivity index (χ4v) is 5.51. The van der Waals surface area contributed by atoms with Gasteiger partial charge in [0, 0.05) is 61.4 Å². The van der Waals surface area contributed by atoms with E-state index in [0.29, 0.717) is 11.8 Å². The first kappa shape index (κ1) is 21.4. The summed E-state index contributed by atoms with van der Waals surface area (Å²) in [6.07, 6.45) is 1.10. The number of hydrogen-bond acceptors (Lipinski definition) is 3. The van der Waals surface area contributed by atoms with Crippen molar-refractivity contribution in [3.8, 4) is 0 Å². The first-order chi connectivity index (χ1) is 15.5. The van der Waals surface area contributed by atoms with Crippen LogP contribution in [0.25, 0.3) is 10.9 Å². The summed E-state index contributed by atoms with van der Waals surface area (Å²) in [5.41, 5.74) is 4.10. The second kappa shape index (κ2) is 8.80. The van der Waals surface area contributed by atoms with Crippen LogP contribution in [0.3, 0.4) is 0 Å². The number of carbonyl (C=O) groups excluding carboxylic acids is 1. The molecule has 2 aliphatic heterocycles. The number of carbonyl (C=O) groups is 1. The Bertz CT molecular complexity index is 1130. The van der Waals surface area contributed by atoms with Gasteiger partial charge in [-0.1, -0.05) is 35.9 Å². The maximum absolute atomic E-state index is 13.2. The molecule has 2 aromatic carbocycles. The molecule has 1 aromatic heterocycles. The lowest BCUT2D eigenvalue weighted by molar-refractivity contribution is 0.0765. The topological polar surface area (TPSA) is 40.5 Å². The molecule has 3 heterocycles. The van der Waals surface area contributed by atoms with E-state index in [1.165, 1.54) is 0 Å². The van der Waals surface area contributed by atoms with Gasteiger partial charge in [0.25, 0.3) is 5.91 Å².